The molecular formula is C31H37ClN2O6S. The number of benzene rings is 2. The summed E-state index contributed by atoms with van der Waals surface area (Å²) in [6, 6.07) is 11.2. The fraction of sp³-hybridized carbons (Fsp3) is 0.516. The first-order chi connectivity index (χ1) is 19.7. The summed E-state index contributed by atoms with van der Waals surface area (Å²) in [4.78, 5) is 15.5. The molecule has 2 aliphatic heterocycles. The van der Waals surface area contributed by atoms with Crippen molar-refractivity contribution in [1.82, 2.24) is 4.72 Å². The molecule has 2 aromatic carbocycles. The number of carbonyl (C=O) groups is 1. The molecule has 10 heteroatoms. The van der Waals surface area contributed by atoms with Crippen molar-refractivity contribution < 1.29 is 28.2 Å². The lowest BCUT2D eigenvalue weighted by molar-refractivity contribution is 0.0176. The zero-order valence-corrected chi connectivity index (χ0v) is 24.5. The van der Waals surface area contributed by atoms with Gasteiger partial charge in [-0.3, -0.25) is 4.79 Å². The average molecular weight is 601 g/mol. The van der Waals surface area contributed by atoms with Crippen molar-refractivity contribution in [2.24, 2.45) is 17.8 Å². The van der Waals surface area contributed by atoms with Crippen molar-refractivity contribution in [3.05, 3.63) is 70.3 Å². The number of hydrogen-bond donors (Lipinski definition) is 3. The Bertz CT molecular complexity index is 1460. The molecule has 1 saturated carbocycles. The molecule has 2 heterocycles. The Labute approximate surface area is 246 Å². The second-order valence-corrected chi connectivity index (χ2v) is 14.4. The third-order valence-corrected chi connectivity index (χ3v) is 11.0. The Hall–Kier alpha value is -2.59. The summed E-state index contributed by atoms with van der Waals surface area (Å²) in [6.07, 6.45) is 8.04. The van der Waals surface area contributed by atoms with Crippen LogP contribution in [-0.4, -0.2) is 62.7 Å². The molecule has 41 heavy (non-hydrogen) atoms. The highest BCUT2D eigenvalue weighted by Gasteiger charge is 2.44. The van der Waals surface area contributed by atoms with Gasteiger partial charge in [-0.15, -0.1) is 0 Å². The topological polar surface area (TPSA) is 116 Å². The first-order valence-corrected chi connectivity index (χ1v) is 16.5. The molecule has 0 unspecified atom stereocenters. The Balaban J connectivity index is 1.41. The number of fused-ring (bicyclic) bond motifs is 4. The molecule has 5 atom stereocenters. The summed E-state index contributed by atoms with van der Waals surface area (Å²) >= 11 is 6.37. The summed E-state index contributed by atoms with van der Waals surface area (Å²) in [6.45, 7) is 1.47. The number of aryl methyl sites for hydroxylation is 1. The summed E-state index contributed by atoms with van der Waals surface area (Å²) in [5.41, 5.74) is 3.19. The molecule has 6 rings (SSSR count). The highest BCUT2D eigenvalue weighted by atomic mass is 35.5. The van der Waals surface area contributed by atoms with Crippen LogP contribution in [0.25, 0.3) is 0 Å². The van der Waals surface area contributed by atoms with Crippen molar-refractivity contribution in [3.63, 3.8) is 0 Å². The predicted molar refractivity (Wildman–Crippen MR) is 158 cm³/mol. The molecular weight excluding hydrogens is 564 g/mol. The van der Waals surface area contributed by atoms with Crippen LogP contribution in [0.4, 0.5) is 5.69 Å². The highest BCUT2D eigenvalue weighted by Crippen LogP contribution is 2.46. The minimum absolute atomic E-state index is 0.108. The van der Waals surface area contributed by atoms with Crippen molar-refractivity contribution in [1.29, 1.82) is 0 Å². The van der Waals surface area contributed by atoms with E-state index < -0.39 is 33.7 Å². The summed E-state index contributed by atoms with van der Waals surface area (Å²) < 4.78 is 34.3. The number of sulfonamides is 1. The smallest absolute Gasteiger partial charge is 0.264 e. The van der Waals surface area contributed by atoms with Gasteiger partial charge < -0.3 is 19.8 Å². The third kappa shape index (κ3) is 5.74. The number of aliphatic hydroxyl groups excluding tert-OH is 2. The van der Waals surface area contributed by atoms with Gasteiger partial charge in [-0.2, -0.15) is 0 Å². The van der Waals surface area contributed by atoms with Crippen LogP contribution in [0, 0.1) is 17.8 Å². The summed E-state index contributed by atoms with van der Waals surface area (Å²) in [5.74, 6) is -0.805. The maximum Gasteiger partial charge on any atom is 0.264 e. The zero-order valence-electron chi connectivity index (χ0n) is 23.0. The number of halogens is 1. The Morgan fingerprint density at radius 2 is 2.02 bits per heavy atom. The number of nitrogens with zero attached hydrogens (tertiary/aromatic N) is 1. The van der Waals surface area contributed by atoms with Gasteiger partial charge in [0, 0.05) is 35.0 Å². The Morgan fingerprint density at radius 1 is 1.17 bits per heavy atom. The van der Waals surface area contributed by atoms with E-state index in [0.29, 0.717) is 31.9 Å². The molecule has 220 valence electrons. The van der Waals surface area contributed by atoms with E-state index in [-0.39, 0.29) is 29.4 Å². The van der Waals surface area contributed by atoms with Gasteiger partial charge in [-0.25, -0.2) is 13.1 Å². The minimum atomic E-state index is -4.02. The van der Waals surface area contributed by atoms with Crippen LogP contribution in [-0.2, 0) is 21.9 Å². The molecule has 2 bridgehead atoms. The largest absolute Gasteiger partial charge is 0.490 e. The number of nitrogens with one attached hydrogen (secondary N) is 1. The number of hydrogen-bond acceptors (Lipinski definition) is 7. The number of anilines is 1. The van der Waals surface area contributed by atoms with Gasteiger partial charge in [0.15, 0.2) is 0 Å². The predicted octanol–water partition coefficient (Wildman–Crippen LogP) is 3.83. The van der Waals surface area contributed by atoms with Crippen LogP contribution in [0.5, 0.6) is 5.75 Å². The van der Waals surface area contributed by atoms with Gasteiger partial charge in [0.1, 0.15) is 5.75 Å². The molecule has 0 saturated heterocycles. The SMILES string of the molecule is O=C1NS(=O)(=O)C[C@@H](CO)/C=C/C[C@H](O)[C@@H]2CC[C@H]2CN2C[C@@]3(CCCc4cc(Cl)ccc43)COc3ccc1cc32. The quantitative estimate of drug-likeness (QED) is 0.426. The normalized spacial score (nSPS) is 32.0. The maximum atomic E-state index is 13.2. The molecule has 1 amide bonds. The van der Waals surface area contributed by atoms with E-state index in [2.05, 4.69) is 21.8 Å². The number of ether oxygens (including phenoxy) is 1. The van der Waals surface area contributed by atoms with Crippen LogP contribution < -0.4 is 14.4 Å². The number of aliphatic hydroxyl groups is 2. The second kappa shape index (κ2) is 11.2. The fourth-order valence-electron chi connectivity index (χ4n) is 7.14. The van der Waals surface area contributed by atoms with E-state index in [1.807, 2.05) is 6.07 Å². The van der Waals surface area contributed by atoms with E-state index in [4.69, 9.17) is 16.3 Å². The van der Waals surface area contributed by atoms with Crippen LogP contribution in [0.3, 0.4) is 0 Å². The van der Waals surface area contributed by atoms with Crippen LogP contribution >= 0.6 is 11.6 Å². The lowest BCUT2D eigenvalue weighted by Gasteiger charge is -2.45. The molecule has 4 aliphatic rings. The van der Waals surface area contributed by atoms with E-state index in [1.165, 1.54) is 11.1 Å². The third-order valence-electron chi connectivity index (χ3n) is 9.43. The lowest BCUT2D eigenvalue weighted by atomic mass is 9.68. The molecule has 0 radical (unpaired) electrons. The van der Waals surface area contributed by atoms with Crippen molar-refractivity contribution in [2.45, 2.75) is 50.0 Å². The molecule has 1 fully saturated rings. The molecule has 8 nitrogen and oxygen atoms in total. The van der Waals surface area contributed by atoms with Crippen LogP contribution in [0.1, 0.15) is 53.6 Å². The number of rotatable bonds is 1. The fourth-order valence-corrected chi connectivity index (χ4v) is 8.60. The molecule has 2 aromatic rings. The maximum absolute atomic E-state index is 13.2. The standard InChI is InChI=1S/C31H37ClN2O6S/c32-24-8-10-26-21(13-24)4-2-12-31(26)18-34-15-23-6-9-25(23)28(36)5-1-3-20(16-35)17-41(38,39)33-30(37)22-7-11-29(40-19-31)27(34)14-22/h1,3,7-8,10-11,13-14,20,23,25,28,35-36H,2,4-6,9,12,15-19H2,(H,33,37)/b3-1+/t20-,23+,25-,28+,31+/m1/s1. The average Bonchev–Trinajstić information content (AvgIpc) is 3.06. The van der Waals surface area contributed by atoms with Crippen molar-refractivity contribution in [3.8, 4) is 5.75 Å². The van der Waals surface area contributed by atoms with Gasteiger partial charge in [0.05, 0.1) is 30.8 Å². The van der Waals surface area contributed by atoms with Gasteiger partial charge in [0.2, 0.25) is 10.0 Å². The molecule has 0 aromatic heterocycles. The Kier molecular flexibility index (Phi) is 7.82. The van der Waals surface area contributed by atoms with Crippen molar-refractivity contribution in [2.75, 3.05) is 37.0 Å². The van der Waals surface area contributed by atoms with Crippen LogP contribution in [0.2, 0.25) is 5.02 Å². The van der Waals surface area contributed by atoms with Gasteiger partial charge >= 0.3 is 0 Å². The molecule has 3 N–H and O–H groups in total. The highest BCUT2D eigenvalue weighted by molar-refractivity contribution is 7.90. The van der Waals surface area contributed by atoms with E-state index in [0.717, 1.165) is 42.8 Å². The van der Waals surface area contributed by atoms with Gasteiger partial charge in [-0.05, 0) is 91.8 Å². The lowest BCUT2D eigenvalue weighted by Crippen LogP contribution is -2.49. The Morgan fingerprint density at radius 3 is 2.80 bits per heavy atom. The molecule has 1 spiro atoms. The molecule has 2 aliphatic carbocycles. The van der Waals surface area contributed by atoms with E-state index in [1.54, 1.807) is 30.4 Å². The van der Waals surface area contributed by atoms with Crippen LogP contribution in [0.15, 0.2) is 48.6 Å². The van der Waals surface area contributed by atoms with Gasteiger partial charge in [0.25, 0.3) is 5.91 Å². The zero-order chi connectivity index (χ0) is 28.8. The van der Waals surface area contributed by atoms with Crippen molar-refractivity contribution >= 4 is 33.2 Å². The van der Waals surface area contributed by atoms with E-state index >= 15 is 0 Å². The number of carbonyl (C=O) groups excluding carboxylic acids is 1. The minimum Gasteiger partial charge on any atom is -0.490 e. The first kappa shape index (κ1) is 28.5. The summed E-state index contributed by atoms with van der Waals surface area (Å²) in [7, 11) is -4.02. The first-order valence-electron chi connectivity index (χ1n) is 14.5. The number of amides is 1. The monoisotopic (exact) mass is 600 g/mol. The second-order valence-electron chi connectivity index (χ2n) is 12.2. The van der Waals surface area contributed by atoms with E-state index in [9.17, 15) is 23.4 Å². The summed E-state index contributed by atoms with van der Waals surface area (Å²) in [5, 5.41) is 21.5. The van der Waals surface area contributed by atoms with Gasteiger partial charge in [-0.1, -0.05) is 29.8 Å².